The average Bonchev–Trinajstić information content (AvgIpc) is 3.53. The number of rotatable bonds is 8. The van der Waals surface area contributed by atoms with Gasteiger partial charge < -0.3 is 9.80 Å². The Labute approximate surface area is 270 Å². The van der Waals surface area contributed by atoms with E-state index in [9.17, 15) is 9.59 Å². The number of fused-ring (bicyclic) bond motifs is 1. The monoisotopic (exact) mass is 639 g/mol. The number of nitrogens with zero attached hydrogens (tertiary/aromatic N) is 8. The Morgan fingerprint density at radius 3 is 2.66 bits per heavy atom. The Morgan fingerprint density at radius 1 is 1.09 bits per heavy atom. The number of nitrogens with one attached hydrogen (secondary N) is 1. The molecule has 0 spiro atoms. The molecule has 1 aromatic carbocycles. The Hall–Kier alpha value is -5.33. The number of aryl methyl sites for hydroxylation is 2. The van der Waals surface area contributed by atoms with E-state index in [2.05, 4.69) is 50.7 Å². The molecule has 5 aromatic rings. The lowest BCUT2D eigenvalue weighted by molar-refractivity contribution is -0.128. The van der Waals surface area contributed by atoms with Crippen molar-refractivity contribution in [1.82, 2.24) is 39.8 Å². The zero-order valence-corrected chi connectivity index (χ0v) is 26.6. The number of aromatic amines is 1. The zero-order chi connectivity index (χ0) is 33.4. The summed E-state index contributed by atoms with van der Waals surface area (Å²) < 4.78 is 33.3. The van der Waals surface area contributed by atoms with E-state index in [1.54, 1.807) is 34.1 Å². The highest BCUT2D eigenvalue weighted by Crippen LogP contribution is 2.33. The zero-order valence-electron chi connectivity index (χ0n) is 26.6. The first kappa shape index (κ1) is 31.6. The van der Waals surface area contributed by atoms with Gasteiger partial charge in [-0.1, -0.05) is 37.8 Å². The Morgan fingerprint density at radius 2 is 1.89 bits per heavy atom. The molecule has 5 heterocycles. The summed E-state index contributed by atoms with van der Waals surface area (Å²) in [6.07, 6.45) is 5.41. The number of hydrogen-bond donors (Lipinski definition) is 1. The van der Waals surface area contributed by atoms with Crippen LogP contribution < -0.4 is 10.6 Å². The summed E-state index contributed by atoms with van der Waals surface area (Å²) >= 11 is 0. The van der Waals surface area contributed by atoms with Gasteiger partial charge in [-0.3, -0.25) is 14.8 Å². The minimum absolute atomic E-state index is 0.00897. The summed E-state index contributed by atoms with van der Waals surface area (Å²) in [6, 6.07) is 9.15. The highest BCUT2D eigenvalue weighted by atomic mass is 19.1. The first-order valence-corrected chi connectivity index (χ1v) is 15.5. The molecule has 0 radical (unpaired) electrons. The van der Waals surface area contributed by atoms with E-state index in [1.807, 2.05) is 30.9 Å². The fraction of sp³-hybridized carbons (Fsp3) is 0.324. The lowest BCUT2D eigenvalue weighted by atomic mass is 9.98. The molecular formula is C34H35F2N9O2. The molecule has 0 unspecified atom stereocenters. The quantitative estimate of drug-likeness (QED) is 0.241. The summed E-state index contributed by atoms with van der Waals surface area (Å²) in [7, 11) is 0. The Balaban J connectivity index is 1.34. The predicted molar refractivity (Wildman–Crippen MR) is 174 cm³/mol. The Kier molecular flexibility index (Phi) is 8.63. The molecule has 11 nitrogen and oxygen atoms in total. The first-order valence-electron chi connectivity index (χ1n) is 15.5. The van der Waals surface area contributed by atoms with Gasteiger partial charge >= 0.3 is 5.69 Å². The van der Waals surface area contributed by atoms with E-state index in [-0.39, 0.29) is 52.0 Å². The van der Waals surface area contributed by atoms with Crippen molar-refractivity contribution in [2.24, 2.45) is 0 Å². The maximum Gasteiger partial charge on any atom is 0.348 e. The van der Waals surface area contributed by atoms with Crippen molar-refractivity contribution in [3.63, 3.8) is 0 Å². The molecule has 242 valence electrons. The van der Waals surface area contributed by atoms with Crippen LogP contribution in [0, 0.1) is 11.6 Å². The molecule has 0 aliphatic carbocycles. The van der Waals surface area contributed by atoms with E-state index in [0.29, 0.717) is 31.5 Å². The number of carbonyl (C=O) groups is 1. The number of hydrogen-bond acceptors (Lipinski definition) is 8. The molecule has 1 N–H and O–H groups in total. The second-order valence-corrected chi connectivity index (χ2v) is 12.1. The van der Waals surface area contributed by atoms with Crippen molar-refractivity contribution in [2.45, 2.75) is 58.5 Å². The second-order valence-electron chi connectivity index (χ2n) is 12.1. The van der Waals surface area contributed by atoms with Crippen LogP contribution in [0.25, 0.3) is 28.0 Å². The fourth-order valence-corrected chi connectivity index (χ4v) is 6.11. The smallest absolute Gasteiger partial charge is 0.348 e. The molecule has 0 saturated carbocycles. The number of H-pyrrole nitrogens is 1. The normalized spacial score (nSPS) is 16.7. The van der Waals surface area contributed by atoms with Gasteiger partial charge in [-0.25, -0.2) is 23.2 Å². The molecule has 1 aliphatic rings. The highest BCUT2D eigenvalue weighted by molar-refractivity contribution is 5.90. The molecule has 1 aliphatic heterocycles. The number of amides is 1. The van der Waals surface area contributed by atoms with E-state index in [0.717, 1.165) is 17.1 Å². The van der Waals surface area contributed by atoms with Crippen LogP contribution in [0.1, 0.15) is 50.6 Å². The predicted octanol–water partition coefficient (Wildman–Crippen LogP) is 4.76. The Bertz CT molecular complexity index is 2040. The summed E-state index contributed by atoms with van der Waals surface area (Å²) in [4.78, 5) is 44.4. The summed E-state index contributed by atoms with van der Waals surface area (Å²) in [6.45, 7) is 12.2. The molecule has 1 fully saturated rings. The van der Waals surface area contributed by atoms with Crippen LogP contribution in [0.4, 0.5) is 14.6 Å². The third kappa shape index (κ3) is 6.12. The SMILES string of the molecule is C=CC(=O)N1C[C@H](C)N(c2nc(=O)[nH]c3nc(-c4c(F)cccc4CCc4cnnn4-c4ccnc(C(C)C)c4)c(F)cc23)C[C@H]1C. The number of aromatic nitrogens is 7. The van der Waals surface area contributed by atoms with Crippen molar-refractivity contribution in [3.8, 4) is 16.9 Å². The van der Waals surface area contributed by atoms with Crippen LogP contribution in [0.2, 0.25) is 0 Å². The molecule has 4 aromatic heterocycles. The van der Waals surface area contributed by atoms with Crippen LogP contribution in [-0.2, 0) is 17.6 Å². The van der Waals surface area contributed by atoms with Crippen LogP contribution in [0.15, 0.2) is 66.2 Å². The lowest BCUT2D eigenvalue weighted by Crippen LogP contribution is -2.58. The first-order chi connectivity index (χ1) is 22.5. The van der Waals surface area contributed by atoms with Crippen LogP contribution in [0.5, 0.6) is 0 Å². The van der Waals surface area contributed by atoms with Gasteiger partial charge in [0.2, 0.25) is 5.91 Å². The minimum Gasteiger partial charge on any atom is -0.349 e. The van der Waals surface area contributed by atoms with Gasteiger partial charge in [-0.2, -0.15) is 4.98 Å². The van der Waals surface area contributed by atoms with Gasteiger partial charge in [0.05, 0.1) is 23.0 Å². The number of carbonyl (C=O) groups excluding carboxylic acids is 1. The van der Waals surface area contributed by atoms with Crippen LogP contribution in [0.3, 0.4) is 0 Å². The summed E-state index contributed by atoms with van der Waals surface area (Å²) in [5, 5.41) is 8.62. The molecule has 2 atom stereocenters. The number of pyridine rings is 2. The van der Waals surface area contributed by atoms with E-state index in [1.165, 1.54) is 18.2 Å². The van der Waals surface area contributed by atoms with E-state index >= 15 is 8.78 Å². The number of benzene rings is 1. The van der Waals surface area contributed by atoms with Crippen molar-refractivity contribution in [1.29, 1.82) is 0 Å². The van der Waals surface area contributed by atoms with Crippen molar-refractivity contribution in [2.75, 3.05) is 18.0 Å². The van der Waals surface area contributed by atoms with Gasteiger partial charge in [-0.05, 0) is 68.5 Å². The molecule has 13 heteroatoms. The molecular weight excluding hydrogens is 604 g/mol. The second kappa shape index (κ2) is 12.8. The topological polar surface area (TPSA) is 126 Å². The van der Waals surface area contributed by atoms with Crippen molar-refractivity contribution < 1.29 is 13.6 Å². The summed E-state index contributed by atoms with van der Waals surface area (Å²) in [5.74, 6) is -1.11. The molecule has 0 bridgehead atoms. The van der Waals surface area contributed by atoms with E-state index in [4.69, 9.17) is 0 Å². The van der Waals surface area contributed by atoms with Gasteiger partial charge in [0.25, 0.3) is 0 Å². The van der Waals surface area contributed by atoms with Gasteiger partial charge in [0.15, 0.2) is 0 Å². The molecule has 1 saturated heterocycles. The van der Waals surface area contributed by atoms with Crippen LogP contribution >= 0.6 is 0 Å². The van der Waals surface area contributed by atoms with Crippen molar-refractivity contribution in [3.05, 3.63) is 101 Å². The van der Waals surface area contributed by atoms with Gasteiger partial charge in [0.1, 0.15) is 28.8 Å². The third-order valence-corrected chi connectivity index (χ3v) is 8.57. The largest absolute Gasteiger partial charge is 0.349 e. The molecule has 47 heavy (non-hydrogen) atoms. The summed E-state index contributed by atoms with van der Waals surface area (Å²) in [5.41, 5.74) is 2.24. The third-order valence-electron chi connectivity index (χ3n) is 8.57. The molecule has 6 rings (SSSR count). The molecule has 1 amide bonds. The standard InChI is InChI=1S/C34H35F2N9O2/c1-6-29(46)43-17-21(5)44(18-20(43)4)33-25-15-27(36)31(39-32(25)40-34(47)41-33)30-22(8-7-9-26(30)35)10-11-24-16-38-42-45(24)23-12-13-37-28(14-23)19(2)3/h6-9,12-16,19-21H,1,10-11,17-18H2,2-5H3,(H,39,40,41,47)/t20-,21+/m1/s1. The lowest BCUT2D eigenvalue weighted by Gasteiger charge is -2.44. The maximum atomic E-state index is 16.0. The van der Waals surface area contributed by atoms with Crippen molar-refractivity contribution >= 4 is 22.8 Å². The number of halogens is 2. The minimum atomic E-state index is -0.759. The number of piperazine rings is 1. The van der Waals surface area contributed by atoms with Crippen LogP contribution in [-0.4, -0.2) is 70.9 Å². The van der Waals surface area contributed by atoms with E-state index < -0.39 is 17.3 Å². The average molecular weight is 640 g/mol. The maximum absolute atomic E-state index is 16.0. The number of anilines is 1. The van der Waals surface area contributed by atoms with Gasteiger partial charge in [0, 0.05) is 42.6 Å². The highest BCUT2D eigenvalue weighted by Gasteiger charge is 2.33. The van der Waals surface area contributed by atoms with Gasteiger partial charge in [-0.15, -0.1) is 5.10 Å². The fourth-order valence-electron chi connectivity index (χ4n) is 6.11.